The van der Waals surface area contributed by atoms with Crippen LogP contribution in [0.1, 0.15) is 23.6 Å². The molecule has 1 heterocycles. The second-order valence-corrected chi connectivity index (χ2v) is 8.02. The van der Waals surface area contributed by atoms with Gasteiger partial charge in [0.2, 0.25) is 0 Å². The van der Waals surface area contributed by atoms with Gasteiger partial charge in [0, 0.05) is 20.9 Å². The maximum atomic E-state index is 13.3. The topological polar surface area (TPSA) is 15.6 Å². The molecule has 0 saturated carbocycles. The van der Waals surface area contributed by atoms with Crippen molar-refractivity contribution in [3.8, 4) is 0 Å². The Kier molecular flexibility index (Phi) is 5.22. The van der Waals surface area contributed by atoms with Crippen molar-refractivity contribution >= 4 is 50.5 Å². The van der Waals surface area contributed by atoms with Crippen molar-refractivity contribution < 1.29 is 4.39 Å². The standard InChI is InChI=1S/C21H14BrCl2FN2/c22-14-3-8-17(9-4-14)27-21(18-10-5-15(23)11-19(18)24)12-20(26-27)13-1-6-16(25)7-2-13/h1-11,21H,12H2/t21-/m0/s1. The molecule has 4 rings (SSSR count). The van der Waals surface area contributed by atoms with E-state index < -0.39 is 0 Å². The molecule has 1 aliphatic heterocycles. The quantitative estimate of drug-likeness (QED) is 0.399. The summed E-state index contributed by atoms with van der Waals surface area (Å²) >= 11 is 16.0. The first-order valence-corrected chi connectivity index (χ1v) is 9.89. The van der Waals surface area contributed by atoms with Crippen LogP contribution in [-0.4, -0.2) is 5.71 Å². The van der Waals surface area contributed by atoms with Gasteiger partial charge < -0.3 is 0 Å². The first kappa shape index (κ1) is 18.5. The summed E-state index contributed by atoms with van der Waals surface area (Å²) in [4.78, 5) is 0. The molecule has 0 unspecified atom stereocenters. The van der Waals surface area contributed by atoms with Crippen LogP contribution in [-0.2, 0) is 0 Å². The lowest BCUT2D eigenvalue weighted by Crippen LogP contribution is -2.18. The summed E-state index contributed by atoms with van der Waals surface area (Å²) in [5.74, 6) is -0.264. The molecule has 136 valence electrons. The highest BCUT2D eigenvalue weighted by Gasteiger charge is 2.31. The normalized spacial score (nSPS) is 16.5. The Morgan fingerprint density at radius 3 is 2.33 bits per heavy atom. The summed E-state index contributed by atoms with van der Waals surface area (Å²) in [5.41, 5.74) is 3.68. The Hall–Kier alpha value is -1.88. The zero-order valence-electron chi connectivity index (χ0n) is 14.0. The van der Waals surface area contributed by atoms with Crippen LogP contribution in [0.5, 0.6) is 0 Å². The number of halogens is 4. The molecule has 1 aliphatic rings. The molecule has 1 atom stereocenters. The Morgan fingerprint density at radius 2 is 1.67 bits per heavy atom. The molecular weight excluding hydrogens is 450 g/mol. The zero-order valence-corrected chi connectivity index (χ0v) is 17.1. The average molecular weight is 464 g/mol. The van der Waals surface area contributed by atoms with E-state index in [1.54, 1.807) is 18.2 Å². The molecule has 6 heteroatoms. The highest BCUT2D eigenvalue weighted by molar-refractivity contribution is 9.10. The first-order chi connectivity index (χ1) is 13.0. The highest BCUT2D eigenvalue weighted by atomic mass is 79.9. The molecule has 0 bridgehead atoms. The Labute approximate surface area is 175 Å². The third kappa shape index (κ3) is 3.88. The van der Waals surface area contributed by atoms with Crippen LogP contribution in [0.25, 0.3) is 0 Å². The fraction of sp³-hybridized carbons (Fsp3) is 0.0952. The minimum atomic E-state index is -0.264. The van der Waals surface area contributed by atoms with E-state index in [4.69, 9.17) is 28.3 Å². The summed E-state index contributed by atoms with van der Waals surface area (Å²) in [6, 6.07) is 19.8. The van der Waals surface area contributed by atoms with Crippen molar-refractivity contribution in [2.75, 3.05) is 5.01 Å². The lowest BCUT2D eigenvalue weighted by molar-refractivity contribution is 0.627. The van der Waals surface area contributed by atoms with E-state index in [0.29, 0.717) is 16.5 Å². The zero-order chi connectivity index (χ0) is 19.0. The number of hydrazone groups is 1. The number of hydrogen-bond acceptors (Lipinski definition) is 2. The number of hydrogen-bond donors (Lipinski definition) is 0. The van der Waals surface area contributed by atoms with Crippen molar-refractivity contribution in [3.63, 3.8) is 0 Å². The predicted octanol–water partition coefficient (Wildman–Crippen LogP) is 7.25. The Bertz CT molecular complexity index is 1000. The van der Waals surface area contributed by atoms with Crippen molar-refractivity contribution in [1.82, 2.24) is 0 Å². The third-order valence-corrected chi connectivity index (χ3v) is 5.59. The van der Waals surface area contributed by atoms with Gasteiger partial charge >= 0.3 is 0 Å². The van der Waals surface area contributed by atoms with E-state index in [1.165, 1.54) is 12.1 Å². The predicted molar refractivity (Wildman–Crippen MR) is 113 cm³/mol. The van der Waals surface area contributed by atoms with Crippen molar-refractivity contribution in [2.45, 2.75) is 12.5 Å². The van der Waals surface area contributed by atoms with E-state index in [9.17, 15) is 4.39 Å². The van der Waals surface area contributed by atoms with Gasteiger partial charge in [0.1, 0.15) is 5.82 Å². The molecule has 3 aromatic rings. The van der Waals surface area contributed by atoms with Gasteiger partial charge in [-0.3, -0.25) is 5.01 Å². The minimum absolute atomic E-state index is 0.0732. The third-order valence-electron chi connectivity index (χ3n) is 4.50. The maximum absolute atomic E-state index is 13.3. The number of rotatable bonds is 3. The molecule has 0 saturated heterocycles. The molecule has 3 aromatic carbocycles. The van der Waals surface area contributed by atoms with E-state index in [-0.39, 0.29) is 11.9 Å². The number of benzene rings is 3. The summed E-state index contributed by atoms with van der Waals surface area (Å²) in [6.07, 6.45) is 0.656. The molecule has 0 fully saturated rings. The largest absolute Gasteiger partial charge is 0.257 e. The highest BCUT2D eigenvalue weighted by Crippen LogP contribution is 2.40. The molecule has 27 heavy (non-hydrogen) atoms. The van der Waals surface area contributed by atoms with Gasteiger partial charge in [-0.1, -0.05) is 57.3 Å². The average Bonchev–Trinajstić information content (AvgIpc) is 3.08. The van der Waals surface area contributed by atoms with E-state index in [1.807, 2.05) is 41.4 Å². The van der Waals surface area contributed by atoms with E-state index in [2.05, 4.69) is 15.9 Å². The molecule has 2 nitrogen and oxygen atoms in total. The van der Waals surface area contributed by atoms with Crippen LogP contribution < -0.4 is 5.01 Å². The monoisotopic (exact) mass is 462 g/mol. The molecule has 0 radical (unpaired) electrons. The van der Waals surface area contributed by atoms with Crippen molar-refractivity contribution in [1.29, 1.82) is 0 Å². The summed E-state index contributed by atoms with van der Waals surface area (Å²) in [6.45, 7) is 0. The van der Waals surface area contributed by atoms with E-state index >= 15 is 0 Å². The van der Waals surface area contributed by atoms with Gasteiger partial charge in [-0.2, -0.15) is 5.10 Å². The fourth-order valence-corrected chi connectivity index (χ4v) is 3.97. The molecule has 0 N–H and O–H groups in total. The summed E-state index contributed by atoms with van der Waals surface area (Å²) < 4.78 is 14.3. The van der Waals surface area contributed by atoms with Crippen molar-refractivity contribution in [3.05, 3.63) is 98.2 Å². The SMILES string of the molecule is Fc1ccc(C2=NN(c3ccc(Br)cc3)[C@H](c3ccc(Cl)cc3Cl)C2)cc1. The van der Waals surface area contributed by atoms with Gasteiger partial charge in [-0.25, -0.2) is 4.39 Å². The maximum Gasteiger partial charge on any atom is 0.123 e. The van der Waals surface area contributed by atoms with Crippen LogP contribution in [0.15, 0.2) is 76.3 Å². The van der Waals surface area contributed by atoms with Gasteiger partial charge in [-0.05, 0) is 59.7 Å². The van der Waals surface area contributed by atoms with Gasteiger partial charge in [0.05, 0.1) is 17.4 Å². The molecule has 0 aliphatic carbocycles. The number of nitrogens with zero attached hydrogens (tertiary/aromatic N) is 2. The lowest BCUT2D eigenvalue weighted by atomic mass is 9.98. The molecule has 0 aromatic heterocycles. The molecule has 0 amide bonds. The number of anilines is 1. The summed E-state index contributed by atoms with van der Waals surface area (Å²) in [5, 5.41) is 7.98. The Balaban J connectivity index is 1.77. The minimum Gasteiger partial charge on any atom is -0.257 e. The van der Waals surface area contributed by atoms with E-state index in [0.717, 1.165) is 27.0 Å². The lowest BCUT2D eigenvalue weighted by Gasteiger charge is -2.25. The second kappa shape index (κ2) is 7.63. The molecule has 0 spiro atoms. The smallest absolute Gasteiger partial charge is 0.123 e. The van der Waals surface area contributed by atoms with Crippen LogP contribution in [0.4, 0.5) is 10.1 Å². The van der Waals surface area contributed by atoms with Crippen molar-refractivity contribution in [2.24, 2.45) is 5.10 Å². The molecular formula is C21H14BrCl2FN2. The van der Waals surface area contributed by atoms with Crippen LogP contribution >= 0.6 is 39.1 Å². The first-order valence-electron chi connectivity index (χ1n) is 8.34. The Morgan fingerprint density at radius 1 is 0.963 bits per heavy atom. The van der Waals surface area contributed by atoms with Crippen LogP contribution in [0.2, 0.25) is 10.0 Å². The van der Waals surface area contributed by atoms with Crippen LogP contribution in [0.3, 0.4) is 0 Å². The fourth-order valence-electron chi connectivity index (χ4n) is 3.17. The summed E-state index contributed by atoms with van der Waals surface area (Å²) in [7, 11) is 0. The second-order valence-electron chi connectivity index (χ2n) is 6.26. The van der Waals surface area contributed by atoms with Crippen LogP contribution in [0, 0.1) is 5.82 Å². The van der Waals surface area contributed by atoms with Gasteiger partial charge in [0.25, 0.3) is 0 Å². The van der Waals surface area contributed by atoms with Gasteiger partial charge in [-0.15, -0.1) is 0 Å². The van der Waals surface area contributed by atoms with Gasteiger partial charge in [0.15, 0.2) is 0 Å².